The Balaban J connectivity index is 1.52. The van der Waals surface area contributed by atoms with Gasteiger partial charge in [0.05, 0.1) is 11.4 Å². The zero-order chi connectivity index (χ0) is 26.3. The summed E-state index contributed by atoms with van der Waals surface area (Å²) in [6.45, 7) is 7.66. The van der Waals surface area contributed by atoms with Gasteiger partial charge in [0.1, 0.15) is 4.88 Å². The Morgan fingerprint density at radius 2 is 1.73 bits per heavy atom. The Morgan fingerprint density at radius 1 is 1.00 bits per heavy atom. The minimum absolute atomic E-state index is 0.136. The van der Waals surface area contributed by atoms with Crippen LogP contribution in [0.5, 0.6) is 0 Å². The molecule has 0 spiro atoms. The SMILES string of the molecule is Cc1ccc(C(=O)N(c2cc(-c3ccc(-c4cc5ncccn5n4)cc3)sc2C(=O)O)C(C)C)c(C)c1. The second kappa shape index (κ2) is 9.63. The number of carboxylic acid groups (broad SMARTS) is 1. The van der Waals surface area contributed by atoms with Gasteiger partial charge in [0.2, 0.25) is 0 Å². The average Bonchev–Trinajstić information content (AvgIpc) is 3.49. The third-order valence-electron chi connectivity index (χ3n) is 6.22. The van der Waals surface area contributed by atoms with E-state index in [2.05, 4.69) is 10.1 Å². The Bertz CT molecular complexity index is 1600. The number of anilines is 1. The maximum Gasteiger partial charge on any atom is 0.348 e. The number of thiophene rings is 1. The Labute approximate surface area is 218 Å². The molecule has 0 aliphatic heterocycles. The summed E-state index contributed by atoms with van der Waals surface area (Å²) in [7, 11) is 0. The number of amides is 1. The molecule has 2 aromatic carbocycles. The van der Waals surface area contributed by atoms with Crippen molar-refractivity contribution in [3.05, 3.63) is 94.6 Å². The average molecular weight is 511 g/mol. The van der Waals surface area contributed by atoms with Crippen LogP contribution in [-0.4, -0.2) is 37.6 Å². The molecule has 0 aliphatic rings. The number of hydrogen-bond donors (Lipinski definition) is 1. The first-order valence-corrected chi connectivity index (χ1v) is 12.7. The molecule has 0 saturated carbocycles. The first kappa shape index (κ1) is 24.4. The number of rotatable bonds is 6. The van der Waals surface area contributed by atoms with Gasteiger partial charge in [0.15, 0.2) is 5.65 Å². The lowest BCUT2D eigenvalue weighted by molar-refractivity contribution is 0.0703. The molecular weight excluding hydrogens is 484 g/mol. The van der Waals surface area contributed by atoms with Crippen molar-refractivity contribution in [2.75, 3.05) is 4.90 Å². The van der Waals surface area contributed by atoms with E-state index in [1.54, 1.807) is 21.7 Å². The smallest absolute Gasteiger partial charge is 0.348 e. The molecule has 0 aliphatic carbocycles. The summed E-state index contributed by atoms with van der Waals surface area (Å²) in [5, 5.41) is 14.6. The molecule has 5 aromatic rings. The number of fused-ring (bicyclic) bond motifs is 1. The largest absolute Gasteiger partial charge is 0.477 e. The van der Waals surface area contributed by atoms with E-state index in [1.807, 2.05) is 88.5 Å². The lowest BCUT2D eigenvalue weighted by atomic mass is 10.0. The van der Waals surface area contributed by atoms with Gasteiger partial charge >= 0.3 is 5.97 Å². The number of aromatic nitrogens is 3. The molecule has 8 heteroatoms. The number of carboxylic acids is 1. The molecule has 0 radical (unpaired) electrons. The lowest BCUT2D eigenvalue weighted by Crippen LogP contribution is -2.38. The third-order valence-corrected chi connectivity index (χ3v) is 7.38. The highest BCUT2D eigenvalue weighted by Gasteiger charge is 2.29. The predicted molar refractivity (Wildman–Crippen MR) is 147 cm³/mol. The summed E-state index contributed by atoms with van der Waals surface area (Å²) in [6, 6.07) is 18.8. The molecular formula is C29H26N4O3S. The summed E-state index contributed by atoms with van der Waals surface area (Å²) in [5.41, 5.74) is 6.26. The van der Waals surface area contributed by atoms with Gasteiger partial charge in [-0.15, -0.1) is 11.3 Å². The summed E-state index contributed by atoms with van der Waals surface area (Å²) < 4.78 is 1.72. The van der Waals surface area contributed by atoms with Gasteiger partial charge in [0.25, 0.3) is 5.91 Å². The fraction of sp³-hybridized carbons (Fsp3) is 0.172. The minimum atomic E-state index is -1.06. The van der Waals surface area contributed by atoms with Crippen molar-refractivity contribution in [3.8, 4) is 21.7 Å². The van der Waals surface area contributed by atoms with Crippen LogP contribution in [0.25, 0.3) is 27.3 Å². The fourth-order valence-electron chi connectivity index (χ4n) is 4.44. The van der Waals surface area contributed by atoms with Crippen LogP contribution in [0.3, 0.4) is 0 Å². The van der Waals surface area contributed by atoms with Gasteiger partial charge in [-0.1, -0.05) is 42.0 Å². The second-order valence-corrected chi connectivity index (χ2v) is 10.3. The minimum Gasteiger partial charge on any atom is -0.477 e. The normalized spacial score (nSPS) is 11.3. The van der Waals surface area contributed by atoms with Crippen LogP contribution in [0.1, 0.15) is 45.0 Å². The molecule has 0 atom stereocenters. The van der Waals surface area contributed by atoms with Crippen molar-refractivity contribution in [1.82, 2.24) is 14.6 Å². The molecule has 0 fully saturated rings. The topological polar surface area (TPSA) is 87.8 Å². The summed E-state index contributed by atoms with van der Waals surface area (Å²) in [6.07, 6.45) is 3.57. The predicted octanol–water partition coefficient (Wildman–Crippen LogP) is 6.50. The van der Waals surface area contributed by atoms with Crippen LogP contribution >= 0.6 is 11.3 Å². The van der Waals surface area contributed by atoms with Gasteiger partial charge in [0, 0.05) is 40.5 Å². The van der Waals surface area contributed by atoms with Gasteiger partial charge < -0.3 is 10.0 Å². The van der Waals surface area contributed by atoms with E-state index in [0.717, 1.165) is 38.5 Å². The summed E-state index contributed by atoms with van der Waals surface area (Å²) in [4.78, 5) is 32.7. The van der Waals surface area contributed by atoms with Gasteiger partial charge in [-0.05, 0) is 57.0 Å². The van der Waals surface area contributed by atoms with Crippen molar-refractivity contribution in [2.45, 2.75) is 33.7 Å². The van der Waals surface area contributed by atoms with Crippen molar-refractivity contribution >= 4 is 34.5 Å². The first-order valence-electron chi connectivity index (χ1n) is 11.9. The molecule has 5 rings (SSSR count). The quantitative estimate of drug-likeness (QED) is 0.282. The van der Waals surface area contributed by atoms with Gasteiger partial charge in [-0.25, -0.2) is 14.3 Å². The Kier molecular flexibility index (Phi) is 6.35. The zero-order valence-electron chi connectivity index (χ0n) is 21.0. The lowest BCUT2D eigenvalue weighted by Gasteiger charge is -2.27. The highest BCUT2D eigenvalue weighted by molar-refractivity contribution is 7.18. The van der Waals surface area contributed by atoms with Crippen LogP contribution in [0.15, 0.2) is 73.1 Å². The molecule has 1 N–H and O–H groups in total. The maximum atomic E-state index is 13.6. The third kappa shape index (κ3) is 4.63. The standard InChI is InChI=1S/C29H26N4O3S/c1-17(2)33(28(34)22-11-6-18(3)14-19(22)4)24-16-25(37-27(24)29(35)36)21-9-7-20(8-10-21)23-15-26-30-12-5-13-32(26)31-23/h5-17H,1-4H3,(H,35,36). The van der Waals surface area contributed by atoms with E-state index in [1.165, 1.54) is 11.3 Å². The zero-order valence-corrected chi connectivity index (χ0v) is 21.8. The number of benzene rings is 2. The molecule has 1 amide bonds. The van der Waals surface area contributed by atoms with E-state index in [9.17, 15) is 14.7 Å². The van der Waals surface area contributed by atoms with E-state index in [0.29, 0.717) is 11.3 Å². The molecule has 0 saturated heterocycles. The fourth-order valence-corrected chi connectivity index (χ4v) is 5.43. The van der Waals surface area contributed by atoms with Gasteiger partial charge in [-0.3, -0.25) is 4.79 Å². The van der Waals surface area contributed by atoms with Crippen molar-refractivity contribution in [1.29, 1.82) is 0 Å². The van der Waals surface area contributed by atoms with E-state index in [4.69, 9.17) is 0 Å². The molecule has 0 unspecified atom stereocenters. The van der Waals surface area contributed by atoms with E-state index < -0.39 is 5.97 Å². The molecule has 3 aromatic heterocycles. The number of aryl methyl sites for hydroxylation is 2. The van der Waals surface area contributed by atoms with Crippen LogP contribution in [0.4, 0.5) is 5.69 Å². The van der Waals surface area contributed by atoms with Gasteiger partial charge in [-0.2, -0.15) is 5.10 Å². The number of carbonyl (C=O) groups excluding carboxylic acids is 1. The summed E-state index contributed by atoms with van der Waals surface area (Å²) >= 11 is 1.17. The Hall–Kier alpha value is -4.30. The van der Waals surface area contributed by atoms with E-state index in [-0.39, 0.29) is 16.8 Å². The number of hydrogen-bond acceptors (Lipinski definition) is 5. The highest BCUT2D eigenvalue weighted by Crippen LogP contribution is 2.39. The van der Waals surface area contributed by atoms with Crippen LogP contribution in [-0.2, 0) is 0 Å². The highest BCUT2D eigenvalue weighted by atomic mass is 32.1. The van der Waals surface area contributed by atoms with Crippen LogP contribution < -0.4 is 4.90 Å². The molecule has 7 nitrogen and oxygen atoms in total. The first-order chi connectivity index (χ1) is 17.7. The van der Waals surface area contributed by atoms with Crippen molar-refractivity contribution in [2.24, 2.45) is 0 Å². The number of nitrogens with zero attached hydrogens (tertiary/aromatic N) is 4. The Morgan fingerprint density at radius 3 is 2.38 bits per heavy atom. The molecule has 186 valence electrons. The second-order valence-electron chi connectivity index (χ2n) is 9.25. The van der Waals surface area contributed by atoms with Crippen molar-refractivity contribution < 1.29 is 14.7 Å². The molecule has 3 heterocycles. The van der Waals surface area contributed by atoms with Crippen LogP contribution in [0, 0.1) is 13.8 Å². The number of aromatic carboxylic acids is 1. The maximum absolute atomic E-state index is 13.6. The summed E-state index contributed by atoms with van der Waals surface area (Å²) in [5.74, 6) is -1.27. The van der Waals surface area contributed by atoms with Crippen LogP contribution in [0.2, 0.25) is 0 Å². The number of carbonyl (C=O) groups is 2. The van der Waals surface area contributed by atoms with Crippen molar-refractivity contribution in [3.63, 3.8) is 0 Å². The monoisotopic (exact) mass is 510 g/mol. The molecule has 37 heavy (non-hydrogen) atoms. The molecule has 0 bridgehead atoms. The van der Waals surface area contributed by atoms with E-state index >= 15 is 0 Å².